The van der Waals surface area contributed by atoms with Gasteiger partial charge in [0, 0.05) is 37.9 Å². The number of nitrogens with zero attached hydrogens (tertiary/aromatic N) is 5. The van der Waals surface area contributed by atoms with Gasteiger partial charge in [-0.15, -0.1) is 0 Å². The number of carbonyl (C=O) groups is 1. The Kier molecular flexibility index (Phi) is 5.92. The van der Waals surface area contributed by atoms with Crippen LogP contribution < -0.4 is 9.64 Å². The summed E-state index contributed by atoms with van der Waals surface area (Å²) in [6.07, 6.45) is 1.71. The molecule has 1 saturated heterocycles. The van der Waals surface area contributed by atoms with Gasteiger partial charge in [-0.2, -0.15) is 5.10 Å². The molecule has 0 spiro atoms. The maximum absolute atomic E-state index is 13.4. The summed E-state index contributed by atoms with van der Waals surface area (Å²) in [6, 6.07) is 18.2. The van der Waals surface area contributed by atoms with Crippen molar-refractivity contribution >= 4 is 17.2 Å². The first-order chi connectivity index (χ1) is 16.6. The second-order valence-corrected chi connectivity index (χ2v) is 8.50. The summed E-state index contributed by atoms with van der Waals surface area (Å²) in [6.45, 7) is 9.34. The molecule has 0 saturated carbocycles. The predicted molar refractivity (Wildman–Crippen MR) is 134 cm³/mol. The molecule has 2 aromatic heterocycles. The fraction of sp³-hybridized carbons (Fsp3) is 0.296. The topological polar surface area (TPSA) is 63.0 Å². The lowest BCUT2D eigenvalue weighted by atomic mass is 10.1. The molecule has 2 aromatic carbocycles. The Bertz CT molecular complexity index is 1320. The second kappa shape index (κ2) is 9.17. The third-order valence-corrected chi connectivity index (χ3v) is 6.43. The number of hydrogen-bond donors (Lipinski definition) is 0. The van der Waals surface area contributed by atoms with E-state index in [4.69, 9.17) is 9.84 Å². The van der Waals surface area contributed by atoms with Crippen molar-refractivity contribution in [1.82, 2.24) is 19.5 Å². The van der Waals surface area contributed by atoms with Crippen LogP contribution in [0.1, 0.15) is 28.7 Å². The van der Waals surface area contributed by atoms with Crippen molar-refractivity contribution < 1.29 is 9.53 Å². The third-order valence-electron chi connectivity index (χ3n) is 6.43. The van der Waals surface area contributed by atoms with Crippen LogP contribution in [0.4, 0.5) is 5.69 Å². The van der Waals surface area contributed by atoms with E-state index in [2.05, 4.69) is 28.1 Å². The zero-order chi connectivity index (χ0) is 23.7. The van der Waals surface area contributed by atoms with Crippen LogP contribution in [0.25, 0.3) is 16.8 Å². The van der Waals surface area contributed by atoms with Crippen LogP contribution in [0.15, 0.2) is 60.8 Å². The summed E-state index contributed by atoms with van der Waals surface area (Å²) in [7, 11) is 0. The van der Waals surface area contributed by atoms with E-state index in [0.29, 0.717) is 25.3 Å². The number of anilines is 1. The normalized spacial score (nSPS) is 14.0. The van der Waals surface area contributed by atoms with E-state index in [9.17, 15) is 4.79 Å². The van der Waals surface area contributed by atoms with Gasteiger partial charge in [0.1, 0.15) is 5.75 Å². The maximum Gasteiger partial charge on any atom is 0.257 e. The van der Waals surface area contributed by atoms with Gasteiger partial charge in [-0.3, -0.25) is 4.79 Å². The van der Waals surface area contributed by atoms with Gasteiger partial charge in [-0.05, 0) is 38.5 Å². The van der Waals surface area contributed by atoms with Gasteiger partial charge >= 0.3 is 0 Å². The van der Waals surface area contributed by atoms with Gasteiger partial charge in [0.05, 0.1) is 29.2 Å². The number of fused-ring (bicyclic) bond motifs is 1. The highest BCUT2D eigenvalue weighted by Crippen LogP contribution is 2.30. The van der Waals surface area contributed by atoms with Gasteiger partial charge in [0.25, 0.3) is 5.91 Å². The number of aryl methyl sites for hydroxylation is 2. The number of hydrogen-bond acceptors (Lipinski definition) is 5. The highest BCUT2D eigenvalue weighted by Gasteiger charge is 2.26. The van der Waals surface area contributed by atoms with Crippen molar-refractivity contribution in [3.8, 4) is 16.9 Å². The van der Waals surface area contributed by atoms with E-state index in [-0.39, 0.29) is 5.91 Å². The molecule has 0 aliphatic carbocycles. The summed E-state index contributed by atoms with van der Waals surface area (Å²) >= 11 is 0. The van der Waals surface area contributed by atoms with Crippen LogP contribution in [0.5, 0.6) is 5.75 Å². The first-order valence-corrected chi connectivity index (χ1v) is 11.7. The number of aromatic nitrogens is 3. The Morgan fingerprint density at radius 2 is 1.68 bits per heavy atom. The summed E-state index contributed by atoms with van der Waals surface area (Å²) < 4.78 is 7.60. The molecule has 1 aliphatic rings. The Morgan fingerprint density at radius 1 is 0.971 bits per heavy atom. The fourth-order valence-corrected chi connectivity index (χ4v) is 4.67. The largest absolute Gasteiger partial charge is 0.492 e. The SMILES string of the molecule is CCOc1ccccc1N1CCN(C(=O)c2cnc3c(-c4ccccc4)c(C)nn3c2C)CC1. The monoisotopic (exact) mass is 455 g/mol. The zero-order valence-corrected chi connectivity index (χ0v) is 19.9. The number of carbonyl (C=O) groups excluding carboxylic acids is 1. The van der Waals surface area contributed by atoms with Crippen molar-refractivity contribution in [2.24, 2.45) is 0 Å². The van der Waals surface area contributed by atoms with Crippen LogP contribution in [0.3, 0.4) is 0 Å². The van der Waals surface area contributed by atoms with Crippen molar-refractivity contribution in [1.29, 1.82) is 0 Å². The molecule has 0 atom stereocenters. The Hall–Kier alpha value is -3.87. The smallest absolute Gasteiger partial charge is 0.257 e. The Labute approximate surface area is 199 Å². The van der Waals surface area contributed by atoms with E-state index in [0.717, 1.165) is 52.7 Å². The standard InChI is InChI=1S/C27H29N5O2/c1-4-34-24-13-9-8-12-23(24)30-14-16-31(17-15-30)27(33)22-18-28-26-25(21-10-6-5-7-11-21)19(2)29-32(26)20(22)3/h5-13,18H,4,14-17H2,1-3H3. The Morgan fingerprint density at radius 3 is 2.41 bits per heavy atom. The van der Waals surface area contributed by atoms with Crippen LogP contribution in [0.2, 0.25) is 0 Å². The molecule has 34 heavy (non-hydrogen) atoms. The minimum Gasteiger partial charge on any atom is -0.492 e. The van der Waals surface area contributed by atoms with Crippen LogP contribution in [0, 0.1) is 13.8 Å². The lowest BCUT2D eigenvalue weighted by molar-refractivity contribution is 0.0744. The van der Waals surface area contributed by atoms with Gasteiger partial charge in [0.15, 0.2) is 5.65 Å². The lowest BCUT2D eigenvalue weighted by Crippen LogP contribution is -2.49. The molecule has 0 N–H and O–H groups in total. The lowest BCUT2D eigenvalue weighted by Gasteiger charge is -2.36. The molecule has 0 unspecified atom stereocenters. The van der Waals surface area contributed by atoms with E-state index >= 15 is 0 Å². The molecule has 1 fully saturated rings. The van der Waals surface area contributed by atoms with Crippen molar-refractivity contribution in [3.05, 3.63) is 77.7 Å². The van der Waals surface area contributed by atoms with Crippen molar-refractivity contribution in [2.45, 2.75) is 20.8 Å². The van der Waals surface area contributed by atoms with Crippen molar-refractivity contribution in [2.75, 3.05) is 37.7 Å². The van der Waals surface area contributed by atoms with Crippen LogP contribution in [-0.4, -0.2) is 58.2 Å². The Balaban J connectivity index is 1.37. The van der Waals surface area contributed by atoms with Gasteiger partial charge in [0.2, 0.25) is 0 Å². The summed E-state index contributed by atoms with van der Waals surface area (Å²) in [5, 5.41) is 4.72. The average Bonchev–Trinajstić information content (AvgIpc) is 3.22. The molecule has 0 bridgehead atoms. The number of rotatable bonds is 5. The third kappa shape index (κ3) is 3.87. The molecule has 7 nitrogen and oxygen atoms in total. The molecule has 3 heterocycles. The number of amides is 1. The molecular weight excluding hydrogens is 426 g/mol. The predicted octanol–water partition coefficient (Wildman–Crippen LogP) is 4.37. The van der Waals surface area contributed by atoms with E-state index in [1.807, 2.05) is 62.1 Å². The summed E-state index contributed by atoms with van der Waals surface area (Å²) in [5.74, 6) is 0.887. The summed E-state index contributed by atoms with van der Waals surface area (Å²) in [5.41, 5.74) is 6.23. The number of ether oxygens (including phenoxy) is 1. The highest BCUT2D eigenvalue weighted by molar-refractivity contribution is 5.96. The van der Waals surface area contributed by atoms with E-state index in [1.54, 1.807) is 10.7 Å². The minimum atomic E-state index is -0.000873. The highest BCUT2D eigenvalue weighted by atomic mass is 16.5. The molecular formula is C27H29N5O2. The van der Waals surface area contributed by atoms with Crippen LogP contribution >= 0.6 is 0 Å². The molecule has 4 aromatic rings. The van der Waals surface area contributed by atoms with Crippen LogP contribution in [-0.2, 0) is 0 Å². The second-order valence-electron chi connectivity index (χ2n) is 8.50. The molecule has 0 radical (unpaired) electrons. The molecule has 1 amide bonds. The molecule has 7 heteroatoms. The number of para-hydroxylation sites is 2. The first-order valence-electron chi connectivity index (χ1n) is 11.7. The summed E-state index contributed by atoms with van der Waals surface area (Å²) in [4.78, 5) is 22.3. The van der Waals surface area contributed by atoms with E-state index in [1.165, 1.54) is 0 Å². The van der Waals surface area contributed by atoms with Gasteiger partial charge in [-0.25, -0.2) is 9.50 Å². The maximum atomic E-state index is 13.4. The molecule has 5 rings (SSSR count). The van der Waals surface area contributed by atoms with Gasteiger partial charge < -0.3 is 14.5 Å². The van der Waals surface area contributed by atoms with Crippen molar-refractivity contribution in [3.63, 3.8) is 0 Å². The average molecular weight is 456 g/mol. The van der Waals surface area contributed by atoms with E-state index < -0.39 is 0 Å². The zero-order valence-electron chi connectivity index (χ0n) is 19.9. The van der Waals surface area contributed by atoms with Gasteiger partial charge in [-0.1, -0.05) is 42.5 Å². The first kappa shape index (κ1) is 21.9. The number of piperazine rings is 1. The minimum absolute atomic E-state index is 0.000873. The number of benzene rings is 2. The fourth-order valence-electron chi connectivity index (χ4n) is 4.67. The molecule has 174 valence electrons. The molecule has 1 aliphatic heterocycles. The quantitative estimate of drug-likeness (QED) is 0.447.